The molecule has 0 bridgehead atoms. The van der Waals surface area contributed by atoms with Crippen molar-refractivity contribution in [2.75, 3.05) is 0 Å². The number of rotatable bonds is 5. The SMILES string of the molecule is CCn1c(CNC(=O)Cn2c(=O)n(C)c3ccccc32)nc2ccccc21. The smallest absolute Gasteiger partial charge is 0.329 e. The number of carbonyl (C=O) groups excluding carboxylic acids is 1. The quantitative estimate of drug-likeness (QED) is 0.590. The normalized spacial score (nSPS) is 11.3. The molecule has 27 heavy (non-hydrogen) atoms. The fraction of sp³-hybridized carbons (Fsp3) is 0.250. The first-order valence-corrected chi connectivity index (χ1v) is 8.95. The van der Waals surface area contributed by atoms with Gasteiger partial charge in [0.25, 0.3) is 0 Å². The fourth-order valence-corrected chi connectivity index (χ4v) is 3.51. The fourth-order valence-electron chi connectivity index (χ4n) is 3.51. The molecule has 0 saturated heterocycles. The molecule has 0 fully saturated rings. The highest BCUT2D eigenvalue weighted by Gasteiger charge is 2.14. The number of nitrogens with zero attached hydrogens (tertiary/aromatic N) is 4. The molecule has 1 N–H and O–H groups in total. The molecule has 0 aliphatic rings. The number of fused-ring (bicyclic) bond motifs is 2. The van der Waals surface area contributed by atoms with E-state index in [1.807, 2.05) is 48.5 Å². The van der Waals surface area contributed by atoms with Gasteiger partial charge in [0.05, 0.1) is 28.6 Å². The molecule has 4 aromatic rings. The largest absolute Gasteiger partial charge is 0.347 e. The van der Waals surface area contributed by atoms with Crippen LogP contribution in [0.3, 0.4) is 0 Å². The van der Waals surface area contributed by atoms with Gasteiger partial charge in [-0.1, -0.05) is 24.3 Å². The van der Waals surface area contributed by atoms with Crippen LogP contribution in [0.1, 0.15) is 12.7 Å². The second kappa shape index (κ2) is 6.75. The predicted octanol–water partition coefficient (Wildman–Crippen LogP) is 2.03. The number of para-hydroxylation sites is 4. The second-order valence-electron chi connectivity index (χ2n) is 6.45. The number of carbonyl (C=O) groups is 1. The van der Waals surface area contributed by atoms with Crippen LogP contribution in [0.25, 0.3) is 22.1 Å². The summed E-state index contributed by atoms with van der Waals surface area (Å²) >= 11 is 0. The first-order chi connectivity index (χ1) is 13.1. The van der Waals surface area contributed by atoms with Gasteiger partial charge in [0.2, 0.25) is 5.91 Å². The summed E-state index contributed by atoms with van der Waals surface area (Å²) in [5.41, 5.74) is 3.32. The molecule has 0 radical (unpaired) electrons. The van der Waals surface area contributed by atoms with Gasteiger partial charge < -0.3 is 9.88 Å². The maximum atomic E-state index is 12.5. The summed E-state index contributed by atoms with van der Waals surface area (Å²) in [6.07, 6.45) is 0. The van der Waals surface area contributed by atoms with E-state index in [1.165, 1.54) is 4.57 Å². The number of aryl methyl sites for hydroxylation is 2. The molecule has 0 spiro atoms. The van der Waals surface area contributed by atoms with E-state index in [0.29, 0.717) is 6.54 Å². The van der Waals surface area contributed by atoms with Gasteiger partial charge in [-0.2, -0.15) is 0 Å². The topological polar surface area (TPSA) is 73.8 Å². The monoisotopic (exact) mass is 363 g/mol. The number of benzene rings is 2. The first kappa shape index (κ1) is 17.1. The Kier molecular flexibility index (Phi) is 4.27. The second-order valence-corrected chi connectivity index (χ2v) is 6.45. The molecule has 2 heterocycles. The van der Waals surface area contributed by atoms with Crippen LogP contribution in [0.2, 0.25) is 0 Å². The molecule has 1 amide bonds. The molecule has 0 atom stereocenters. The van der Waals surface area contributed by atoms with Crippen LogP contribution in [-0.4, -0.2) is 24.6 Å². The average Bonchev–Trinajstić information content (AvgIpc) is 3.17. The van der Waals surface area contributed by atoms with Crippen LogP contribution in [-0.2, 0) is 31.5 Å². The molecular formula is C20H21N5O2. The van der Waals surface area contributed by atoms with E-state index in [-0.39, 0.29) is 18.1 Å². The lowest BCUT2D eigenvalue weighted by Gasteiger charge is -2.08. The summed E-state index contributed by atoms with van der Waals surface area (Å²) in [6.45, 7) is 3.12. The van der Waals surface area contributed by atoms with Gasteiger partial charge in [-0.25, -0.2) is 9.78 Å². The molecule has 0 aliphatic heterocycles. The summed E-state index contributed by atoms with van der Waals surface area (Å²) in [4.78, 5) is 29.5. The van der Waals surface area contributed by atoms with Gasteiger partial charge in [0.15, 0.2) is 0 Å². The third-order valence-electron chi connectivity index (χ3n) is 4.85. The Balaban J connectivity index is 1.55. The Morgan fingerprint density at radius 1 is 1.00 bits per heavy atom. The molecule has 4 rings (SSSR count). The van der Waals surface area contributed by atoms with Crippen molar-refractivity contribution in [2.24, 2.45) is 7.05 Å². The highest BCUT2D eigenvalue weighted by atomic mass is 16.2. The summed E-state index contributed by atoms with van der Waals surface area (Å²) in [5.74, 6) is 0.584. The molecule has 138 valence electrons. The standard InChI is InChI=1S/C20H21N5O2/c1-3-24-15-9-5-4-8-14(15)22-18(24)12-21-19(26)13-25-17-11-7-6-10-16(17)23(2)20(25)27/h4-11H,3,12-13H2,1-2H3,(H,21,26). The van der Waals surface area contributed by atoms with Crippen LogP contribution in [0.4, 0.5) is 0 Å². The van der Waals surface area contributed by atoms with E-state index in [9.17, 15) is 9.59 Å². The number of aromatic nitrogens is 4. The van der Waals surface area contributed by atoms with Crippen molar-refractivity contribution in [3.8, 4) is 0 Å². The van der Waals surface area contributed by atoms with Crippen molar-refractivity contribution in [3.63, 3.8) is 0 Å². The Hall–Kier alpha value is -3.35. The minimum absolute atomic E-state index is 0.0213. The highest BCUT2D eigenvalue weighted by molar-refractivity contribution is 5.81. The minimum atomic E-state index is -0.219. The van der Waals surface area contributed by atoms with Crippen molar-refractivity contribution >= 4 is 28.0 Å². The maximum absolute atomic E-state index is 12.5. The Morgan fingerprint density at radius 3 is 2.41 bits per heavy atom. The molecule has 0 unspecified atom stereocenters. The van der Waals surface area contributed by atoms with Crippen LogP contribution in [0.5, 0.6) is 0 Å². The Labute approximate surface area is 155 Å². The van der Waals surface area contributed by atoms with Crippen LogP contribution < -0.4 is 11.0 Å². The number of hydrogen-bond donors (Lipinski definition) is 1. The lowest BCUT2D eigenvalue weighted by molar-refractivity contribution is -0.121. The van der Waals surface area contributed by atoms with E-state index in [4.69, 9.17) is 0 Å². The Bertz CT molecular complexity index is 1200. The molecule has 7 heteroatoms. The van der Waals surface area contributed by atoms with Gasteiger partial charge in [-0.3, -0.25) is 13.9 Å². The molecule has 2 aromatic heterocycles. The zero-order valence-corrected chi connectivity index (χ0v) is 15.3. The highest BCUT2D eigenvalue weighted by Crippen LogP contribution is 2.16. The summed E-state index contributed by atoms with van der Waals surface area (Å²) in [6, 6.07) is 15.4. The summed E-state index contributed by atoms with van der Waals surface area (Å²) in [5, 5.41) is 2.89. The summed E-state index contributed by atoms with van der Waals surface area (Å²) < 4.78 is 5.13. The van der Waals surface area contributed by atoms with Crippen LogP contribution >= 0.6 is 0 Å². The predicted molar refractivity (Wildman–Crippen MR) is 104 cm³/mol. The molecule has 0 saturated carbocycles. The van der Waals surface area contributed by atoms with Crippen LogP contribution in [0.15, 0.2) is 53.3 Å². The lowest BCUT2D eigenvalue weighted by atomic mass is 10.3. The van der Waals surface area contributed by atoms with Crippen molar-refractivity contribution in [3.05, 3.63) is 64.8 Å². The zero-order valence-electron chi connectivity index (χ0n) is 15.3. The van der Waals surface area contributed by atoms with E-state index >= 15 is 0 Å². The van der Waals surface area contributed by atoms with Crippen molar-refractivity contribution in [1.29, 1.82) is 0 Å². The van der Waals surface area contributed by atoms with Gasteiger partial charge in [-0.15, -0.1) is 0 Å². The van der Waals surface area contributed by atoms with Crippen molar-refractivity contribution in [1.82, 2.24) is 24.0 Å². The summed E-state index contributed by atoms with van der Waals surface area (Å²) in [7, 11) is 1.71. The van der Waals surface area contributed by atoms with Gasteiger partial charge in [-0.05, 0) is 31.2 Å². The van der Waals surface area contributed by atoms with E-state index in [0.717, 1.165) is 34.4 Å². The number of hydrogen-bond acceptors (Lipinski definition) is 3. The van der Waals surface area contributed by atoms with Gasteiger partial charge >= 0.3 is 5.69 Å². The third kappa shape index (κ3) is 2.91. The molecular weight excluding hydrogens is 342 g/mol. The molecule has 7 nitrogen and oxygen atoms in total. The van der Waals surface area contributed by atoms with Crippen molar-refractivity contribution < 1.29 is 4.79 Å². The lowest BCUT2D eigenvalue weighted by Crippen LogP contribution is -2.33. The minimum Gasteiger partial charge on any atom is -0.347 e. The van der Waals surface area contributed by atoms with Crippen LogP contribution in [0, 0.1) is 0 Å². The van der Waals surface area contributed by atoms with Gasteiger partial charge in [0.1, 0.15) is 12.4 Å². The van der Waals surface area contributed by atoms with Gasteiger partial charge in [0, 0.05) is 13.6 Å². The molecule has 0 aliphatic carbocycles. The Morgan fingerprint density at radius 2 is 1.67 bits per heavy atom. The number of nitrogens with one attached hydrogen (secondary N) is 1. The number of amides is 1. The van der Waals surface area contributed by atoms with E-state index < -0.39 is 0 Å². The first-order valence-electron chi connectivity index (χ1n) is 8.95. The van der Waals surface area contributed by atoms with E-state index in [2.05, 4.69) is 21.8 Å². The van der Waals surface area contributed by atoms with E-state index in [1.54, 1.807) is 11.6 Å². The number of imidazole rings is 2. The third-order valence-corrected chi connectivity index (χ3v) is 4.85. The zero-order chi connectivity index (χ0) is 19.0. The molecule has 2 aromatic carbocycles. The maximum Gasteiger partial charge on any atom is 0.329 e. The van der Waals surface area contributed by atoms with Crippen molar-refractivity contribution in [2.45, 2.75) is 26.6 Å². The average molecular weight is 363 g/mol.